The summed E-state index contributed by atoms with van der Waals surface area (Å²) in [4.78, 5) is 31.0. The average Bonchev–Trinajstić information content (AvgIpc) is 2.89. The zero-order valence-electron chi connectivity index (χ0n) is 13.7. The Balaban J connectivity index is 2.51. The molecule has 126 valence electrons. The lowest BCUT2D eigenvalue weighted by molar-refractivity contribution is 0.325. The van der Waals surface area contributed by atoms with Crippen molar-refractivity contribution in [3.05, 3.63) is 37.9 Å². The minimum Gasteiger partial charge on any atom is -0.477 e. The van der Waals surface area contributed by atoms with Crippen molar-refractivity contribution in [2.24, 2.45) is 10.2 Å². The number of azo groups is 1. The Morgan fingerprint density at radius 2 is 1.96 bits per heavy atom. The molecule has 2 aromatic heterocycles. The molecular formula is C14H17N7O3. The first-order valence-electron chi connectivity index (χ1n) is 7.15. The minimum atomic E-state index is -0.748. The molecule has 2 rings (SSSR count). The molecular weight excluding hydrogens is 314 g/mol. The highest BCUT2D eigenvalue weighted by Gasteiger charge is 2.24. The largest absolute Gasteiger partial charge is 0.477 e. The van der Waals surface area contributed by atoms with E-state index in [1.54, 1.807) is 6.92 Å². The molecule has 0 atom stereocenters. The Kier molecular flexibility index (Phi) is 4.64. The van der Waals surface area contributed by atoms with E-state index < -0.39 is 11.2 Å². The van der Waals surface area contributed by atoms with E-state index in [0.717, 1.165) is 0 Å². The molecule has 2 aromatic rings. The average molecular weight is 331 g/mol. The van der Waals surface area contributed by atoms with Crippen LogP contribution in [0.3, 0.4) is 0 Å². The van der Waals surface area contributed by atoms with Crippen LogP contribution in [0.2, 0.25) is 0 Å². The van der Waals surface area contributed by atoms with Crippen molar-refractivity contribution in [1.29, 1.82) is 0 Å². The number of ether oxygens (including phenoxy) is 1. The monoisotopic (exact) mass is 331 g/mol. The third-order valence-electron chi connectivity index (χ3n) is 3.00. The van der Waals surface area contributed by atoms with Gasteiger partial charge in [0, 0.05) is 5.69 Å². The number of nitrogens with one attached hydrogen (secondary N) is 3. The Morgan fingerprint density at radius 1 is 1.25 bits per heavy atom. The third kappa shape index (κ3) is 3.40. The van der Waals surface area contributed by atoms with Crippen molar-refractivity contribution < 1.29 is 4.74 Å². The normalized spacial score (nSPS) is 11.6. The number of nitrogens with zero attached hydrogens (tertiary/aromatic N) is 4. The van der Waals surface area contributed by atoms with Gasteiger partial charge in [-0.1, -0.05) is 20.8 Å². The zero-order valence-corrected chi connectivity index (χ0v) is 13.7. The number of H-pyrrole nitrogens is 3. The summed E-state index contributed by atoms with van der Waals surface area (Å²) in [5, 5.41) is 14.4. The summed E-state index contributed by atoms with van der Waals surface area (Å²) in [6, 6.07) is 0. The highest BCUT2D eigenvalue weighted by Crippen LogP contribution is 2.37. The second-order valence-corrected chi connectivity index (χ2v) is 5.85. The van der Waals surface area contributed by atoms with E-state index in [0.29, 0.717) is 5.69 Å². The molecule has 0 radical (unpaired) electrons. The molecule has 3 N–H and O–H groups in total. The van der Waals surface area contributed by atoms with E-state index in [2.05, 4.69) is 30.3 Å². The Hall–Kier alpha value is -3.22. The maximum atomic E-state index is 11.9. The molecule has 0 fully saturated rings. The molecule has 0 unspecified atom stereocenters. The first-order chi connectivity index (χ1) is 11.3. The quantitative estimate of drug-likeness (QED) is 0.586. The van der Waals surface area contributed by atoms with Crippen molar-refractivity contribution in [3.8, 4) is 5.88 Å². The maximum Gasteiger partial charge on any atom is 0.328 e. The van der Waals surface area contributed by atoms with Crippen molar-refractivity contribution in [2.75, 3.05) is 6.61 Å². The van der Waals surface area contributed by atoms with E-state index in [4.69, 9.17) is 11.3 Å². The van der Waals surface area contributed by atoms with Crippen LogP contribution >= 0.6 is 0 Å². The molecule has 10 heteroatoms. The van der Waals surface area contributed by atoms with Crippen molar-refractivity contribution >= 4 is 17.2 Å². The van der Waals surface area contributed by atoms with E-state index >= 15 is 0 Å². The van der Waals surface area contributed by atoms with Crippen molar-refractivity contribution in [1.82, 2.24) is 20.2 Å². The fourth-order valence-corrected chi connectivity index (χ4v) is 1.92. The highest BCUT2D eigenvalue weighted by atomic mass is 16.5. The number of hydrogen-bond acceptors (Lipinski definition) is 6. The van der Waals surface area contributed by atoms with Gasteiger partial charge < -0.3 is 4.74 Å². The third-order valence-corrected chi connectivity index (χ3v) is 3.00. The van der Waals surface area contributed by atoms with Gasteiger partial charge in [0.2, 0.25) is 17.4 Å². The van der Waals surface area contributed by atoms with Gasteiger partial charge in [-0.25, -0.2) is 9.64 Å². The minimum absolute atomic E-state index is 0.0583. The van der Waals surface area contributed by atoms with Gasteiger partial charge in [-0.05, 0) is 12.3 Å². The Labute approximate surface area is 136 Å². The summed E-state index contributed by atoms with van der Waals surface area (Å²) in [6.45, 7) is 15.0. The van der Waals surface area contributed by atoms with Crippen LogP contribution in [-0.2, 0) is 5.41 Å². The molecule has 0 bridgehead atoms. The van der Waals surface area contributed by atoms with E-state index in [1.165, 1.54) is 0 Å². The van der Waals surface area contributed by atoms with Crippen molar-refractivity contribution in [2.45, 2.75) is 33.1 Å². The van der Waals surface area contributed by atoms with E-state index in [-0.39, 0.29) is 35.1 Å². The first kappa shape index (κ1) is 17.1. The second-order valence-electron chi connectivity index (χ2n) is 5.85. The van der Waals surface area contributed by atoms with Gasteiger partial charge in [0.25, 0.3) is 11.2 Å². The Morgan fingerprint density at radius 3 is 2.54 bits per heavy atom. The van der Waals surface area contributed by atoms with Crippen molar-refractivity contribution in [3.63, 3.8) is 0 Å². The van der Waals surface area contributed by atoms with E-state index in [1.807, 2.05) is 25.8 Å². The predicted octanol–water partition coefficient (Wildman–Crippen LogP) is 2.45. The molecule has 0 aliphatic rings. The molecule has 2 heterocycles. The number of aromatic nitrogens is 4. The van der Waals surface area contributed by atoms with Crippen LogP contribution < -0.4 is 16.0 Å². The molecule has 24 heavy (non-hydrogen) atoms. The topological polar surface area (TPSA) is 133 Å². The van der Waals surface area contributed by atoms with Gasteiger partial charge >= 0.3 is 5.69 Å². The Bertz CT molecular complexity index is 922. The summed E-state index contributed by atoms with van der Waals surface area (Å²) in [6.07, 6.45) is 0. The smallest absolute Gasteiger partial charge is 0.328 e. The molecule has 0 aliphatic carbocycles. The molecule has 0 aromatic carbocycles. The van der Waals surface area contributed by atoms with Crippen LogP contribution in [0.15, 0.2) is 19.8 Å². The predicted molar refractivity (Wildman–Crippen MR) is 86.6 cm³/mol. The molecule has 0 saturated heterocycles. The fourth-order valence-electron chi connectivity index (χ4n) is 1.92. The summed E-state index contributed by atoms with van der Waals surface area (Å²) < 4.78 is 5.19. The van der Waals surface area contributed by atoms with Crippen LogP contribution in [0.4, 0.5) is 17.2 Å². The molecule has 0 aliphatic heterocycles. The standard InChI is InChI=1S/C14H17N7O3/c1-6-24-12-8(11(22)16-13(23)17-12)18-20-10-7(15-5)9(19-21-10)14(2,3)4/h6H2,1-4H3,(H,19,21)(H2,16,17,22,23). The summed E-state index contributed by atoms with van der Waals surface area (Å²) >= 11 is 0. The van der Waals surface area contributed by atoms with Crippen LogP contribution in [0.1, 0.15) is 33.4 Å². The van der Waals surface area contributed by atoms with Gasteiger partial charge in [0.15, 0.2) is 0 Å². The van der Waals surface area contributed by atoms with Crippen LogP contribution in [0.25, 0.3) is 4.85 Å². The van der Waals surface area contributed by atoms with Crippen LogP contribution in [0, 0.1) is 6.57 Å². The second kappa shape index (κ2) is 6.49. The summed E-state index contributed by atoms with van der Waals surface area (Å²) in [5.41, 5.74) is -1.14. The van der Waals surface area contributed by atoms with Crippen LogP contribution in [-0.4, -0.2) is 26.8 Å². The number of rotatable bonds is 4. The zero-order chi connectivity index (χ0) is 17.9. The summed E-state index contributed by atoms with van der Waals surface area (Å²) in [7, 11) is 0. The molecule has 0 spiro atoms. The number of hydrogen-bond donors (Lipinski definition) is 3. The lowest BCUT2D eigenvalue weighted by atomic mass is 9.91. The fraction of sp³-hybridized carbons (Fsp3) is 0.429. The van der Waals surface area contributed by atoms with Gasteiger partial charge in [0.1, 0.15) is 0 Å². The van der Waals surface area contributed by atoms with Gasteiger partial charge in [-0.15, -0.1) is 10.2 Å². The number of aromatic amines is 3. The molecule has 0 amide bonds. The van der Waals surface area contributed by atoms with Gasteiger partial charge in [-0.3, -0.25) is 19.9 Å². The van der Waals surface area contributed by atoms with Gasteiger partial charge in [0.05, 0.1) is 13.2 Å². The van der Waals surface area contributed by atoms with Crippen LogP contribution in [0.5, 0.6) is 5.88 Å². The lowest BCUT2D eigenvalue weighted by Crippen LogP contribution is -2.22. The van der Waals surface area contributed by atoms with Gasteiger partial charge in [-0.2, -0.15) is 5.10 Å². The first-order valence-corrected chi connectivity index (χ1v) is 7.15. The van der Waals surface area contributed by atoms with E-state index in [9.17, 15) is 9.59 Å². The highest BCUT2D eigenvalue weighted by molar-refractivity contribution is 5.66. The summed E-state index contributed by atoms with van der Waals surface area (Å²) in [5.74, 6) is -0.0334. The molecule has 10 nitrogen and oxygen atoms in total. The lowest BCUT2D eigenvalue weighted by Gasteiger charge is -2.16. The maximum absolute atomic E-state index is 11.9. The SMILES string of the molecule is [C-]#[N+]c1c(N=Nc2c(OCC)[nH]c(=O)[nH]c2=O)n[nH]c1C(C)(C)C. The molecule has 0 saturated carbocycles.